The van der Waals surface area contributed by atoms with Gasteiger partial charge in [0.05, 0.1) is 24.5 Å². The molecule has 0 spiro atoms. The lowest BCUT2D eigenvalue weighted by molar-refractivity contribution is -0.131. The molecular formula is C25H33N9O2S. The smallest absolute Gasteiger partial charge is 0.246 e. The van der Waals surface area contributed by atoms with Crippen LogP contribution in [0.15, 0.2) is 24.5 Å². The molecule has 0 aliphatic carbocycles. The van der Waals surface area contributed by atoms with Gasteiger partial charge < -0.3 is 20.4 Å². The molecule has 0 fully saturated rings. The van der Waals surface area contributed by atoms with Crippen molar-refractivity contribution in [1.82, 2.24) is 30.1 Å². The van der Waals surface area contributed by atoms with Crippen molar-refractivity contribution in [3.05, 3.63) is 35.0 Å². The molecule has 3 N–H and O–H groups in total. The number of amides is 2. The van der Waals surface area contributed by atoms with E-state index in [9.17, 15) is 9.59 Å². The molecule has 12 heteroatoms. The van der Waals surface area contributed by atoms with Crippen molar-refractivity contribution in [3.63, 3.8) is 0 Å². The first-order valence-corrected chi connectivity index (χ1v) is 12.7. The van der Waals surface area contributed by atoms with Gasteiger partial charge in [0.1, 0.15) is 16.8 Å². The number of nitrogens with one attached hydrogen (secondary N) is 3. The highest BCUT2D eigenvalue weighted by Crippen LogP contribution is 2.21. The topological polar surface area (TPSA) is 139 Å². The van der Waals surface area contributed by atoms with E-state index in [4.69, 9.17) is 5.26 Å². The Morgan fingerprint density at radius 1 is 1.19 bits per heavy atom. The van der Waals surface area contributed by atoms with Crippen LogP contribution in [-0.4, -0.2) is 83.9 Å². The van der Waals surface area contributed by atoms with Gasteiger partial charge in [-0.05, 0) is 26.9 Å². The van der Waals surface area contributed by atoms with Gasteiger partial charge in [0.15, 0.2) is 5.13 Å². The zero-order valence-corrected chi connectivity index (χ0v) is 22.5. The summed E-state index contributed by atoms with van der Waals surface area (Å²) in [7, 11) is 5.43. The minimum Gasteiger partial charge on any atom is -0.369 e. The van der Waals surface area contributed by atoms with E-state index >= 15 is 0 Å². The molecule has 2 aromatic rings. The monoisotopic (exact) mass is 523 g/mol. The predicted molar refractivity (Wildman–Crippen MR) is 145 cm³/mol. The molecule has 2 heterocycles. The van der Waals surface area contributed by atoms with Gasteiger partial charge in [-0.2, -0.15) is 10.2 Å². The predicted octanol–water partition coefficient (Wildman–Crippen LogP) is 2.19. The van der Waals surface area contributed by atoms with Crippen molar-refractivity contribution >= 4 is 40.0 Å². The maximum Gasteiger partial charge on any atom is 0.246 e. The fourth-order valence-electron chi connectivity index (χ4n) is 2.79. The zero-order chi connectivity index (χ0) is 27.0. The number of nitrogens with zero attached hydrogens (tertiary/aromatic N) is 6. The van der Waals surface area contributed by atoms with E-state index in [0.717, 1.165) is 13.0 Å². The van der Waals surface area contributed by atoms with Gasteiger partial charge in [-0.1, -0.05) is 36.2 Å². The van der Waals surface area contributed by atoms with E-state index in [2.05, 4.69) is 49.7 Å². The van der Waals surface area contributed by atoms with Gasteiger partial charge in [0.25, 0.3) is 0 Å². The Morgan fingerprint density at radius 2 is 2.00 bits per heavy atom. The van der Waals surface area contributed by atoms with Crippen molar-refractivity contribution in [3.8, 4) is 17.9 Å². The molecule has 0 bridgehead atoms. The van der Waals surface area contributed by atoms with Crippen LogP contribution in [0, 0.1) is 23.2 Å². The first-order valence-electron chi connectivity index (χ1n) is 11.9. The van der Waals surface area contributed by atoms with Gasteiger partial charge in [-0.3, -0.25) is 14.9 Å². The van der Waals surface area contributed by atoms with E-state index in [-0.39, 0.29) is 18.4 Å². The normalized spacial score (nSPS) is 10.5. The molecule has 11 nitrogen and oxygen atoms in total. The summed E-state index contributed by atoms with van der Waals surface area (Å²) in [6.07, 6.45) is 8.54. The van der Waals surface area contributed by atoms with E-state index in [1.54, 1.807) is 19.3 Å². The largest absolute Gasteiger partial charge is 0.369 e. The van der Waals surface area contributed by atoms with Crippen LogP contribution in [0.4, 0.5) is 16.9 Å². The third kappa shape index (κ3) is 11.1. The van der Waals surface area contributed by atoms with Crippen molar-refractivity contribution < 1.29 is 9.59 Å². The van der Waals surface area contributed by atoms with Crippen LogP contribution in [0.3, 0.4) is 0 Å². The number of hydrogen-bond donors (Lipinski definition) is 3. The summed E-state index contributed by atoms with van der Waals surface area (Å²) in [6, 6.07) is 2.05. The maximum absolute atomic E-state index is 12.1. The number of anilines is 3. The summed E-state index contributed by atoms with van der Waals surface area (Å²) in [5.41, 5.74) is 0.669. The van der Waals surface area contributed by atoms with Crippen LogP contribution in [0.5, 0.6) is 0 Å². The van der Waals surface area contributed by atoms with Gasteiger partial charge in [0, 0.05) is 39.2 Å². The molecule has 2 amide bonds. The molecule has 0 radical (unpaired) electrons. The van der Waals surface area contributed by atoms with Crippen molar-refractivity contribution in [2.45, 2.75) is 26.2 Å². The molecule has 0 saturated heterocycles. The summed E-state index contributed by atoms with van der Waals surface area (Å²) >= 11 is 1.22. The van der Waals surface area contributed by atoms with Crippen LogP contribution in [0.2, 0.25) is 0 Å². The molecule has 196 valence electrons. The van der Waals surface area contributed by atoms with Gasteiger partial charge in [0.2, 0.25) is 17.8 Å². The molecule has 0 aliphatic heterocycles. The fraction of sp³-hybridized carbons (Fsp3) is 0.440. The lowest BCUT2D eigenvalue weighted by atomic mass is 10.2. The van der Waals surface area contributed by atoms with Crippen LogP contribution < -0.4 is 16.0 Å². The number of aromatic nitrogens is 3. The number of rotatable bonds is 13. The average Bonchev–Trinajstić information content (AvgIpc) is 3.32. The van der Waals surface area contributed by atoms with Crippen LogP contribution in [0.25, 0.3) is 0 Å². The van der Waals surface area contributed by atoms with Crippen molar-refractivity contribution in [2.75, 3.05) is 58.0 Å². The Balaban J connectivity index is 1.83. The number of likely N-dealkylation sites (N-methyl/N-ethyl adjacent to an activating group) is 2. The Labute approximate surface area is 222 Å². The Kier molecular flexibility index (Phi) is 12.5. The minimum atomic E-state index is -0.213. The highest BCUT2D eigenvalue weighted by Gasteiger charge is 2.10. The Bertz CT molecular complexity index is 1170. The second-order valence-electron chi connectivity index (χ2n) is 8.26. The van der Waals surface area contributed by atoms with E-state index in [1.165, 1.54) is 28.5 Å². The van der Waals surface area contributed by atoms with Crippen LogP contribution in [0.1, 0.15) is 36.6 Å². The lowest BCUT2D eigenvalue weighted by Crippen LogP contribution is -2.38. The van der Waals surface area contributed by atoms with Crippen molar-refractivity contribution in [1.29, 1.82) is 5.26 Å². The summed E-state index contributed by atoms with van der Waals surface area (Å²) in [5.74, 6) is 6.74. The third-order valence-corrected chi connectivity index (χ3v) is 5.50. The molecule has 2 aromatic heterocycles. The number of nitriles is 1. The third-order valence-electron chi connectivity index (χ3n) is 4.68. The summed E-state index contributed by atoms with van der Waals surface area (Å²) in [5, 5.41) is 18.6. The molecule has 0 aliphatic rings. The average molecular weight is 524 g/mol. The number of carbonyl (C=O) groups is 2. The quantitative estimate of drug-likeness (QED) is 0.205. The SMILES string of the molecule is CCCNc1nc(Nc2ncc(C#N)s2)ncc1C#CCCCNC(=O)CN(C)C(=O)/C=C/CN(C)C. The number of carbonyl (C=O) groups excluding carboxylic acids is 2. The number of hydrogen-bond acceptors (Lipinski definition) is 10. The number of thiazole rings is 1. The summed E-state index contributed by atoms with van der Waals surface area (Å²) < 4.78 is 0. The fourth-order valence-corrected chi connectivity index (χ4v) is 3.40. The maximum atomic E-state index is 12.1. The summed E-state index contributed by atoms with van der Waals surface area (Å²) in [4.78, 5) is 40.9. The second-order valence-corrected chi connectivity index (χ2v) is 9.29. The standard InChI is InChI=1S/C25H33N9O2S/c1-5-12-28-23-19(16-29-24(31-23)32-25-30-17-20(15-26)37-25)10-7-6-8-13-27-21(35)18-34(4)22(36)11-9-14-33(2)3/h9,11,16-17H,5-6,8,12-14,18H2,1-4H3,(H,27,35)(H2,28,29,30,31,32)/b11-9+. The second kappa shape index (κ2) is 15.9. The van der Waals surface area contributed by atoms with E-state index in [0.29, 0.717) is 53.3 Å². The van der Waals surface area contributed by atoms with Crippen LogP contribution >= 0.6 is 11.3 Å². The first kappa shape index (κ1) is 29.2. The van der Waals surface area contributed by atoms with E-state index in [1.807, 2.05) is 25.1 Å². The van der Waals surface area contributed by atoms with Crippen LogP contribution in [-0.2, 0) is 9.59 Å². The highest BCUT2D eigenvalue weighted by molar-refractivity contribution is 7.16. The molecular weight excluding hydrogens is 490 g/mol. The number of unbranched alkanes of at least 4 members (excludes halogenated alkanes) is 1. The van der Waals surface area contributed by atoms with Gasteiger partial charge in [-0.15, -0.1) is 0 Å². The molecule has 0 saturated carbocycles. The summed E-state index contributed by atoms with van der Waals surface area (Å²) in [6.45, 7) is 3.91. The first-order chi connectivity index (χ1) is 17.8. The molecule has 0 atom stereocenters. The molecule has 2 rings (SSSR count). The van der Waals surface area contributed by atoms with Gasteiger partial charge >= 0.3 is 0 Å². The molecule has 0 aromatic carbocycles. The highest BCUT2D eigenvalue weighted by atomic mass is 32.1. The Hall–Kier alpha value is -4.00. The Morgan fingerprint density at radius 3 is 2.70 bits per heavy atom. The lowest BCUT2D eigenvalue weighted by Gasteiger charge is -2.14. The van der Waals surface area contributed by atoms with E-state index < -0.39 is 0 Å². The minimum absolute atomic E-state index is 0.000185. The van der Waals surface area contributed by atoms with Crippen molar-refractivity contribution in [2.24, 2.45) is 0 Å². The zero-order valence-electron chi connectivity index (χ0n) is 21.7. The molecule has 0 unspecified atom stereocenters. The van der Waals surface area contributed by atoms with Gasteiger partial charge in [-0.25, -0.2) is 9.97 Å². The molecule has 37 heavy (non-hydrogen) atoms.